The zero-order valence-electron chi connectivity index (χ0n) is 9.50. The smallest absolute Gasteiger partial charge is 0.247 e. The van der Waals surface area contributed by atoms with Crippen molar-refractivity contribution >= 4 is 5.91 Å². The third-order valence-electron chi connectivity index (χ3n) is 2.91. The molecule has 0 aliphatic carbocycles. The molecule has 0 bridgehead atoms. The van der Waals surface area contributed by atoms with Crippen LogP contribution in [0.5, 0.6) is 0 Å². The van der Waals surface area contributed by atoms with Gasteiger partial charge in [-0.05, 0) is 19.4 Å². The molecular weight excluding hydrogens is 204 g/mol. The van der Waals surface area contributed by atoms with Crippen LogP contribution in [0.25, 0.3) is 0 Å². The van der Waals surface area contributed by atoms with E-state index in [4.69, 9.17) is 0 Å². The maximum absolute atomic E-state index is 11.9. The number of carbonyl (C=O) groups is 1. The zero-order valence-corrected chi connectivity index (χ0v) is 9.50. The SMILES string of the molecule is CC(C(=O)NC(C)c1cn[nH]c1)=C1CNC1. The van der Waals surface area contributed by atoms with E-state index in [9.17, 15) is 4.79 Å². The molecule has 86 valence electrons. The first-order valence-electron chi connectivity index (χ1n) is 5.37. The summed E-state index contributed by atoms with van der Waals surface area (Å²) in [6, 6.07) is -0.0187. The Hall–Kier alpha value is -1.62. The van der Waals surface area contributed by atoms with Gasteiger partial charge in [0.2, 0.25) is 5.91 Å². The lowest BCUT2D eigenvalue weighted by atomic mass is 10.0. The lowest BCUT2D eigenvalue weighted by molar-refractivity contribution is -0.118. The highest BCUT2D eigenvalue weighted by Crippen LogP contribution is 2.13. The predicted octanol–water partition coefficient (Wildman–Crippen LogP) is 0.507. The number of hydrogen-bond acceptors (Lipinski definition) is 3. The minimum Gasteiger partial charge on any atom is -0.346 e. The van der Waals surface area contributed by atoms with Gasteiger partial charge in [-0.2, -0.15) is 5.10 Å². The molecule has 1 amide bonds. The molecule has 2 rings (SSSR count). The summed E-state index contributed by atoms with van der Waals surface area (Å²) < 4.78 is 0. The van der Waals surface area contributed by atoms with Gasteiger partial charge in [-0.25, -0.2) is 0 Å². The fraction of sp³-hybridized carbons (Fsp3) is 0.455. The summed E-state index contributed by atoms with van der Waals surface area (Å²) in [6.45, 7) is 5.48. The molecular formula is C11H16N4O. The van der Waals surface area contributed by atoms with Gasteiger partial charge in [0.1, 0.15) is 0 Å². The fourth-order valence-corrected chi connectivity index (χ4v) is 1.56. The van der Waals surface area contributed by atoms with E-state index in [0.717, 1.165) is 24.2 Å². The van der Waals surface area contributed by atoms with E-state index in [0.29, 0.717) is 0 Å². The van der Waals surface area contributed by atoms with Crippen LogP contribution in [-0.4, -0.2) is 29.2 Å². The highest BCUT2D eigenvalue weighted by atomic mass is 16.1. The highest BCUT2D eigenvalue weighted by Gasteiger charge is 2.17. The molecule has 16 heavy (non-hydrogen) atoms. The Labute approximate surface area is 94.3 Å². The lowest BCUT2D eigenvalue weighted by Crippen LogP contribution is -2.38. The molecule has 0 spiro atoms. The Bertz CT molecular complexity index is 402. The van der Waals surface area contributed by atoms with Crippen molar-refractivity contribution in [3.8, 4) is 0 Å². The summed E-state index contributed by atoms with van der Waals surface area (Å²) in [5.74, 6) is 0.00481. The zero-order chi connectivity index (χ0) is 11.5. The molecule has 0 saturated carbocycles. The van der Waals surface area contributed by atoms with Gasteiger partial charge >= 0.3 is 0 Å². The fourth-order valence-electron chi connectivity index (χ4n) is 1.56. The number of carbonyl (C=O) groups excluding carboxylic acids is 1. The van der Waals surface area contributed by atoms with Gasteiger partial charge < -0.3 is 10.6 Å². The molecule has 5 heteroatoms. The first kappa shape index (κ1) is 10.9. The number of aromatic nitrogens is 2. The van der Waals surface area contributed by atoms with Crippen LogP contribution in [0.2, 0.25) is 0 Å². The summed E-state index contributed by atoms with van der Waals surface area (Å²) >= 11 is 0. The second-order valence-corrected chi connectivity index (χ2v) is 4.06. The monoisotopic (exact) mass is 220 g/mol. The van der Waals surface area contributed by atoms with E-state index < -0.39 is 0 Å². The number of aromatic amines is 1. The molecule has 1 aliphatic heterocycles. The topological polar surface area (TPSA) is 69.8 Å². The van der Waals surface area contributed by atoms with Crippen LogP contribution in [0.4, 0.5) is 0 Å². The number of nitrogens with zero attached hydrogens (tertiary/aromatic N) is 1. The summed E-state index contributed by atoms with van der Waals surface area (Å²) in [5, 5.41) is 12.7. The number of amides is 1. The van der Waals surface area contributed by atoms with Gasteiger partial charge in [0.15, 0.2) is 0 Å². The maximum Gasteiger partial charge on any atom is 0.247 e. The average Bonchev–Trinajstić information content (AvgIpc) is 2.67. The molecule has 2 heterocycles. The number of H-pyrrole nitrogens is 1. The summed E-state index contributed by atoms with van der Waals surface area (Å²) in [5.41, 5.74) is 3.00. The van der Waals surface area contributed by atoms with Crippen LogP contribution in [-0.2, 0) is 4.79 Å². The van der Waals surface area contributed by atoms with Crippen molar-refractivity contribution in [2.75, 3.05) is 13.1 Å². The molecule has 5 nitrogen and oxygen atoms in total. The number of rotatable bonds is 3. The number of nitrogens with one attached hydrogen (secondary N) is 3. The Morgan fingerprint density at radius 2 is 2.31 bits per heavy atom. The standard InChI is InChI=1S/C11H16N4O/c1-7(9-3-12-4-9)11(16)15-8(2)10-5-13-14-6-10/h5-6,8,12H,3-4H2,1-2H3,(H,13,14)(H,15,16). The van der Waals surface area contributed by atoms with Gasteiger partial charge in [-0.15, -0.1) is 0 Å². The Morgan fingerprint density at radius 1 is 1.56 bits per heavy atom. The third-order valence-corrected chi connectivity index (χ3v) is 2.91. The molecule has 1 fully saturated rings. The highest BCUT2D eigenvalue weighted by molar-refractivity contribution is 5.94. The van der Waals surface area contributed by atoms with Crippen LogP contribution < -0.4 is 10.6 Å². The largest absolute Gasteiger partial charge is 0.346 e. The summed E-state index contributed by atoms with van der Waals surface area (Å²) in [4.78, 5) is 11.9. The molecule has 1 aromatic heterocycles. The normalized spacial score (nSPS) is 16.5. The molecule has 1 aromatic rings. The maximum atomic E-state index is 11.9. The molecule has 3 N–H and O–H groups in total. The van der Waals surface area contributed by atoms with E-state index >= 15 is 0 Å². The van der Waals surface area contributed by atoms with Gasteiger partial charge in [0.25, 0.3) is 0 Å². The number of hydrogen-bond donors (Lipinski definition) is 3. The summed E-state index contributed by atoms with van der Waals surface area (Å²) in [6.07, 6.45) is 3.51. The molecule has 0 radical (unpaired) electrons. The van der Waals surface area contributed by atoms with E-state index in [1.54, 1.807) is 12.4 Å². The van der Waals surface area contributed by atoms with Gasteiger partial charge in [0, 0.05) is 30.4 Å². The first-order valence-corrected chi connectivity index (χ1v) is 5.37. The van der Waals surface area contributed by atoms with Crippen LogP contribution in [0.1, 0.15) is 25.5 Å². The Morgan fingerprint density at radius 3 is 2.81 bits per heavy atom. The van der Waals surface area contributed by atoms with Crippen molar-refractivity contribution < 1.29 is 4.79 Å². The minimum atomic E-state index is -0.0187. The predicted molar refractivity (Wildman–Crippen MR) is 60.7 cm³/mol. The van der Waals surface area contributed by atoms with Gasteiger partial charge in [0.05, 0.1) is 12.2 Å². The van der Waals surface area contributed by atoms with Crippen LogP contribution in [0.15, 0.2) is 23.5 Å². The van der Waals surface area contributed by atoms with E-state index in [1.807, 2.05) is 13.8 Å². The van der Waals surface area contributed by atoms with E-state index in [-0.39, 0.29) is 11.9 Å². The van der Waals surface area contributed by atoms with Crippen molar-refractivity contribution in [3.63, 3.8) is 0 Å². The molecule has 1 saturated heterocycles. The van der Waals surface area contributed by atoms with Crippen LogP contribution in [0.3, 0.4) is 0 Å². The summed E-state index contributed by atoms with van der Waals surface area (Å²) in [7, 11) is 0. The van der Waals surface area contributed by atoms with Crippen molar-refractivity contribution in [1.82, 2.24) is 20.8 Å². The first-order chi connectivity index (χ1) is 7.68. The quantitative estimate of drug-likeness (QED) is 0.650. The molecule has 0 aromatic carbocycles. The van der Waals surface area contributed by atoms with Crippen molar-refractivity contribution in [3.05, 3.63) is 29.1 Å². The Kier molecular flexibility index (Phi) is 3.05. The van der Waals surface area contributed by atoms with Gasteiger partial charge in [-0.3, -0.25) is 9.89 Å². The average molecular weight is 220 g/mol. The molecule has 1 atom stereocenters. The second kappa shape index (κ2) is 4.49. The molecule has 1 unspecified atom stereocenters. The molecule has 1 aliphatic rings. The van der Waals surface area contributed by atoms with Crippen LogP contribution in [0, 0.1) is 0 Å². The third kappa shape index (κ3) is 2.14. The lowest BCUT2D eigenvalue weighted by Gasteiger charge is -2.22. The van der Waals surface area contributed by atoms with Crippen LogP contribution >= 0.6 is 0 Å². The minimum absolute atomic E-state index is 0.00481. The second-order valence-electron chi connectivity index (χ2n) is 4.06. The van der Waals surface area contributed by atoms with Crippen molar-refractivity contribution in [1.29, 1.82) is 0 Å². The van der Waals surface area contributed by atoms with E-state index in [1.165, 1.54) is 5.57 Å². The Balaban J connectivity index is 1.97. The van der Waals surface area contributed by atoms with Crippen molar-refractivity contribution in [2.24, 2.45) is 0 Å². The van der Waals surface area contributed by atoms with Gasteiger partial charge in [-0.1, -0.05) is 0 Å². The van der Waals surface area contributed by atoms with Crippen molar-refractivity contribution in [2.45, 2.75) is 19.9 Å². The van der Waals surface area contributed by atoms with E-state index in [2.05, 4.69) is 20.8 Å².